The van der Waals surface area contributed by atoms with Crippen molar-refractivity contribution in [2.45, 2.75) is 20.4 Å². The van der Waals surface area contributed by atoms with Crippen LogP contribution >= 0.6 is 0 Å². The Kier molecular flexibility index (Phi) is 5.12. The highest BCUT2D eigenvalue weighted by Crippen LogP contribution is 2.35. The van der Waals surface area contributed by atoms with Crippen molar-refractivity contribution in [1.29, 1.82) is 0 Å². The summed E-state index contributed by atoms with van der Waals surface area (Å²) in [6.07, 6.45) is 1.59. The molecule has 0 bridgehead atoms. The SMILES string of the molecule is Cc1[nH]c(C=C2C(=O)Nc3ccc(C(=O)NCc4ccccc4)cc32)c(C)c1[N+](=O)[O-]. The Hall–Kier alpha value is -4.20. The van der Waals surface area contributed by atoms with Gasteiger partial charge in [-0.25, -0.2) is 0 Å². The lowest BCUT2D eigenvalue weighted by molar-refractivity contribution is -0.385. The van der Waals surface area contributed by atoms with Crippen molar-refractivity contribution in [1.82, 2.24) is 10.3 Å². The standard InChI is InChI=1S/C23H20N4O4/c1-13-20(25-14(2)21(13)27(30)31)11-18-17-10-16(8-9-19(17)26-23(18)29)22(28)24-12-15-6-4-3-5-7-15/h3-11,25H,12H2,1-2H3,(H,24,28)(H,26,29). The molecule has 0 saturated heterocycles. The van der Waals surface area contributed by atoms with Crippen molar-refractivity contribution < 1.29 is 14.5 Å². The molecule has 3 N–H and O–H groups in total. The molecule has 2 heterocycles. The number of amides is 2. The van der Waals surface area contributed by atoms with Crippen LogP contribution in [-0.2, 0) is 11.3 Å². The van der Waals surface area contributed by atoms with E-state index in [1.807, 2.05) is 30.3 Å². The van der Waals surface area contributed by atoms with Crippen LogP contribution in [0.5, 0.6) is 0 Å². The highest BCUT2D eigenvalue weighted by Gasteiger charge is 2.27. The number of fused-ring (bicyclic) bond motifs is 1. The average Bonchev–Trinajstić information content (AvgIpc) is 3.21. The normalized spacial score (nSPS) is 13.7. The number of aromatic nitrogens is 1. The van der Waals surface area contributed by atoms with Crippen LogP contribution in [0.3, 0.4) is 0 Å². The zero-order valence-corrected chi connectivity index (χ0v) is 17.0. The first-order valence-corrected chi connectivity index (χ1v) is 9.68. The number of nitrogens with one attached hydrogen (secondary N) is 3. The van der Waals surface area contributed by atoms with Crippen LogP contribution < -0.4 is 10.6 Å². The lowest BCUT2D eigenvalue weighted by atomic mass is 10.0. The van der Waals surface area contributed by atoms with Gasteiger partial charge < -0.3 is 15.6 Å². The molecule has 2 aromatic carbocycles. The van der Waals surface area contributed by atoms with E-state index in [-0.39, 0.29) is 17.5 Å². The molecule has 3 aromatic rings. The maximum absolute atomic E-state index is 12.6. The molecule has 0 radical (unpaired) electrons. The van der Waals surface area contributed by atoms with Crippen molar-refractivity contribution in [2.75, 3.05) is 5.32 Å². The smallest absolute Gasteiger partial charge is 0.293 e. The van der Waals surface area contributed by atoms with Gasteiger partial charge >= 0.3 is 0 Å². The minimum atomic E-state index is -0.443. The van der Waals surface area contributed by atoms with E-state index in [0.29, 0.717) is 45.9 Å². The predicted molar refractivity (Wildman–Crippen MR) is 117 cm³/mol. The van der Waals surface area contributed by atoms with Crippen molar-refractivity contribution in [3.63, 3.8) is 0 Å². The Bertz CT molecular complexity index is 1240. The number of hydrogen-bond donors (Lipinski definition) is 3. The van der Waals surface area contributed by atoms with Crippen LogP contribution in [0.4, 0.5) is 11.4 Å². The maximum atomic E-state index is 12.6. The third-order valence-electron chi connectivity index (χ3n) is 5.27. The summed E-state index contributed by atoms with van der Waals surface area (Å²) in [6.45, 7) is 3.64. The summed E-state index contributed by atoms with van der Waals surface area (Å²) >= 11 is 0. The second-order valence-corrected chi connectivity index (χ2v) is 7.34. The van der Waals surface area contributed by atoms with E-state index >= 15 is 0 Å². The number of aryl methyl sites for hydroxylation is 1. The topological polar surface area (TPSA) is 117 Å². The molecule has 8 heteroatoms. The molecule has 31 heavy (non-hydrogen) atoms. The molecule has 2 amide bonds. The summed E-state index contributed by atoms with van der Waals surface area (Å²) in [6, 6.07) is 14.5. The van der Waals surface area contributed by atoms with Gasteiger partial charge in [0, 0.05) is 29.1 Å². The van der Waals surface area contributed by atoms with Crippen LogP contribution in [0.2, 0.25) is 0 Å². The molecule has 156 valence electrons. The summed E-state index contributed by atoms with van der Waals surface area (Å²) in [5.41, 5.74) is 4.26. The van der Waals surface area contributed by atoms with E-state index < -0.39 is 4.92 Å². The fraction of sp³-hybridized carbons (Fsp3) is 0.130. The minimum absolute atomic E-state index is 0.000445. The number of benzene rings is 2. The first-order chi connectivity index (χ1) is 14.8. The lowest BCUT2D eigenvalue weighted by Gasteiger charge is -2.07. The molecule has 0 saturated carbocycles. The number of H-pyrrole nitrogens is 1. The molecule has 1 aromatic heterocycles. The number of rotatable bonds is 5. The summed E-state index contributed by atoms with van der Waals surface area (Å²) in [5.74, 6) is -0.584. The van der Waals surface area contributed by atoms with Crippen LogP contribution in [0, 0.1) is 24.0 Å². The van der Waals surface area contributed by atoms with E-state index in [4.69, 9.17) is 0 Å². The highest BCUT2D eigenvalue weighted by molar-refractivity contribution is 6.35. The molecule has 8 nitrogen and oxygen atoms in total. The van der Waals surface area contributed by atoms with E-state index in [1.165, 1.54) is 0 Å². The third kappa shape index (κ3) is 3.83. The Morgan fingerprint density at radius 3 is 2.58 bits per heavy atom. The van der Waals surface area contributed by atoms with Crippen LogP contribution in [0.1, 0.15) is 38.4 Å². The van der Waals surface area contributed by atoms with Gasteiger partial charge in [0.05, 0.1) is 21.8 Å². The van der Waals surface area contributed by atoms with Gasteiger partial charge in [-0.15, -0.1) is 0 Å². The molecule has 4 rings (SSSR count). The van der Waals surface area contributed by atoms with Gasteiger partial charge in [0.15, 0.2) is 0 Å². The first-order valence-electron chi connectivity index (χ1n) is 9.68. The highest BCUT2D eigenvalue weighted by atomic mass is 16.6. The second-order valence-electron chi connectivity index (χ2n) is 7.34. The van der Waals surface area contributed by atoms with Crippen molar-refractivity contribution in [2.24, 2.45) is 0 Å². The predicted octanol–water partition coefficient (Wildman–Crippen LogP) is 3.96. The van der Waals surface area contributed by atoms with E-state index in [2.05, 4.69) is 15.6 Å². The van der Waals surface area contributed by atoms with Gasteiger partial charge in [0.25, 0.3) is 17.5 Å². The Balaban J connectivity index is 1.64. The zero-order valence-electron chi connectivity index (χ0n) is 17.0. The minimum Gasteiger partial charge on any atom is -0.353 e. The monoisotopic (exact) mass is 416 g/mol. The summed E-state index contributed by atoms with van der Waals surface area (Å²) in [5, 5.41) is 16.9. The van der Waals surface area contributed by atoms with Crippen LogP contribution in [0.15, 0.2) is 48.5 Å². The molecule has 0 fully saturated rings. The second kappa shape index (κ2) is 7.91. The van der Waals surface area contributed by atoms with Gasteiger partial charge in [-0.3, -0.25) is 19.7 Å². The van der Waals surface area contributed by atoms with Gasteiger partial charge in [0.2, 0.25) is 0 Å². The quantitative estimate of drug-likeness (QED) is 0.331. The largest absolute Gasteiger partial charge is 0.353 e. The molecular formula is C23H20N4O4. The Morgan fingerprint density at radius 1 is 1.16 bits per heavy atom. The number of carbonyl (C=O) groups is 2. The summed E-state index contributed by atoms with van der Waals surface area (Å²) < 4.78 is 0. The number of hydrogen-bond acceptors (Lipinski definition) is 4. The molecule has 0 unspecified atom stereocenters. The third-order valence-corrected chi connectivity index (χ3v) is 5.27. The molecule has 0 spiro atoms. The average molecular weight is 416 g/mol. The van der Waals surface area contributed by atoms with Gasteiger partial charge in [-0.1, -0.05) is 30.3 Å². The molecule has 1 aliphatic heterocycles. The van der Waals surface area contributed by atoms with Crippen molar-refractivity contribution >= 4 is 34.8 Å². The van der Waals surface area contributed by atoms with Gasteiger partial charge in [-0.05, 0) is 43.7 Å². The lowest BCUT2D eigenvalue weighted by Crippen LogP contribution is -2.22. The number of aromatic amines is 1. The fourth-order valence-corrected chi connectivity index (χ4v) is 3.68. The Labute approximate surface area is 178 Å². The number of anilines is 1. The fourth-order valence-electron chi connectivity index (χ4n) is 3.68. The van der Waals surface area contributed by atoms with Crippen LogP contribution in [-0.4, -0.2) is 21.7 Å². The Morgan fingerprint density at radius 2 is 1.90 bits per heavy atom. The van der Waals surface area contributed by atoms with Crippen LogP contribution in [0.25, 0.3) is 11.6 Å². The first kappa shape index (κ1) is 20.1. The van der Waals surface area contributed by atoms with Crippen molar-refractivity contribution in [3.8, 4) is 0 Å². The zero-order chi connectivity index (χ0) is 22.1. The summed E-state index contributed by atoms with van der Waals surface area (Å²) in [7, 11) is 0. The molecule has 0 aliphatic carbocycles. The van der Waals surface area contributed by atoms with E-state index in [1.54, 1.807) is 38.1 Å². The maximum Gasteiger partial charge on any atom is 0.293 e. The van der Waals surface area contributed by atoms with E-state index in [9.17, 15) is 19.7 Å². The number of nitrogens with zero attached hydrogens (tertiary/aromatic N) is 1. The number of nitro groups is 1. The van der Waals surface area contributed by atoms with Gasteiger partial charge in [0.1, 0.15) is 0 Å². The molecule has 1 aliphatic rings. The molecule has 0 atom stereocenters. The number of carbonyl (C=O) groups excluding carboxylic acids is 2. The van der Waals surface area contributed by atoms with E-state index in [0.717, 1.165) is 5.56 Å². The van der Waals surface area contributed by atoms with Gasteiger partial charge in [-0.2, -0.15) is 0 Å². The summed E-state index contributed by atoms with van der Waals surface area (Å²) in [4.78, 5) is 39.0. The molecular weight excluding hydrogens is 396 g/mol. The van der Waals surface area contributed by atoms with Crippen molar-refractivity contribution in [3.05, 3.63) is 92.3 Å².